The molecule has 1 heterocycles. The Morgan fingerprint density at radius 1 is 1.48 bits per heavy atom. The molecule has 2 unspecified atom stereocenters. The van der Waals surface area contributed by atoms with Crippen LogP contribution in [0.5, 0.6) is 0 Å². The molecule has 7 heteroatoms. The first-order valence-electron chi connectivity index (χ1n) is 7.40. The van der Waals surface area contributed by atoms with Crippen molar-refractivity contribution in [2.45, 2.75) is 31.9 Å². The number of amides is 1. The van der Waals surface area contributed by atoms with E-state index in [0.717, 1.165) is 18.2 Å². The van der Waals surface area contributed by atoms with Crippen molar-refractivity contribution in [2.75, 3.05) is 19.7 Å². The van der Waals surface area contributed by atoms with E-state index < -0.39 is 34.8 Å². The Bertz CT molecular complexity index is 603. The number of halogens is 2. The zero-order valence-corrected chi connectivity index (χ0v) is 13.5. The molecule has 1 aromatic carbocycles. The number of aliphatic hydroxyl groups is 1. The Balaban J connectivity index is 2.31. The second-order valence-electron chi connectivity index (χ2n) is 6.90. The third-order valence-electron chi connectivity index (χ3n) is 3.92. The summed E-state index contributed by atoms with van der Waals surface area (Å²) in [6.45, 7) is 4.88. The number of hydrogen-bond acceptors (Lipinski definition) is 4. The van der Waals surface area contributed by atoms with Gasteiger partial charge in [0.25, 0.3) is 0 Å². The van der Waals surface area contributed by atoms with E-state index >= 15 is 0 Å². The maximum absolute atomic E-state index is 14.1. The summed E-state index contributed by atoms with van der Waals surface area (Å²) in [5.41, 5.74) is 4.17. The molecule has 128 valence electrons. The summed E-state index contributed by atoms with van der Waals surface area (Å²) in [6, 6.07) is 3.00. The van der Waals surface area contributed by atoms with E-state index in [0.29, 0.717) is 0 Å². The Kier molecular flexibility index (Phi) is 4.64. The Morgan fingerprint density at radius 3 is 2.70 bits per heavy atom. The lowest BCUT2D eigenvalue weighted by Gasteiger charge is -2.30. The average Bonchev–Trinajstić information content (AvgIpc) is 2.78. The minimum absolute atomic E-state index is 0.0531. The summed E-state index contributed by atoms with van der Waals surface area (Å²) in [6.07, 6.45) is -0.597. The molecule has 0 aliphatic carbocycles. The number of ether oxygens (including phenoxy) is 1. The van der Waals surface area contributed by atoms with Crippen molar-refractivity contribution in [3.63, 3.8) is 0 Å². The molecule has 0 spiro atoms. The first-order valence-corrected chi connectivity index (χ1v) is 7.40. The molecule has 1 aromatic rings. The van der Waals surface area contributed by atoms with E-state index in [1.54, 1.807) is 20.8 Å². The van der Waals surface area contributed by atoms with Crippen LogP contribution >= 0.6 is 0 Å². The average molecular weight is 328 g/mol. The minimum Gasteiger partial charge on any atom is -0.444 e. The number of carbonyl (C=O) groups is 1. The lowest BCUT2D eigenvalue weighted by atomic mass is 9.81. The summed E-state index contributed by atoms with van der Waals surface area (Å²) < 4.78 is 32.9. The highest BCUT2D eigenvalue weighted by Crippen LogP contribution is 2.36. The summed E-state index contributed by atoms with van der Waals surface area (Å²) in [5.74, 6) is -1.91. The largest absolute Gasteiger partial charge is 0.444 e. The predicted molar refractivity (Wildman–Crippen MR) is 80.6 cm³/mol. The standard InChI is InChI=1S/C16H22F2N2O3/c1-15(2,3)23-14(22)20-7-10(8-21)16(19,9-20)12-6-11(17)4-5-13(12)18/h4-6,10,21H,7-9,19H2,1-3H3. The van der Waals surface area contributed by atoms with Crippen LogP contribution in [-0.2, 0) is 10.3 Å². The highest BCUT2D eigenvalue weighted by Gasteiger charge is 2.48. The van der Waals surface area contributed by atoms with E-state index in [4.69, 9.17) is 10.5 Å². The van der Waals surface area contributed by atoms with Gasteiger partial charge in [0.15, 0.2) is 0 Å². The van der Waals surface area contributed by atoms with Crippen LogP contribution in [0.1, 0.15) is 26.3 Å². The monoisotopic (exact) mass is 328 g/mol. The molecule has 23 heavy (non-hydrogen) atoms. The maximum atomic E-state index is 14.1. The van der Waals surface area contributed by atoms with E-state index in [2.05, 4.69) is 0 Å². The highest BCUT2D eigenvalue weighted by atomic mass is 19.1. The number of nitrogens with zero attached hydrogens (tertiary/aromatic N) is 1. The fourth-order valence-electron chi connectivity index (χ4n) is 2.78. The molecular weight excluding hydrogens is 306 g/mol. The van der Waals surface area contributed by atoms with Crippen molar-refractivity contribution >= 4 is 6.09 Å². The molecule has 0 radical (unpaired) electrons. The fraction of sp³-hybridized carbons (Fsp3) is 0.562. The zero-order valence-electron chi connectivity index (χ0n) is 13.5. The fourth-order valence-corrected chi connectivity index (χ4v) is 2.78. The van der Waals surface area contributed by atoms with Gasteiger partial charge in [-0.15, -0.1) is 0 Å². The third-order valence-corrected chi connectivity index (χ3v) is 3.92. The van der Waals surface area contributed by atoms with Crippen molar-refractivity contribution in [2.24, 2.45) is 11.7 Å². The first kappa shape index (κ1) is 17.6. The Hall–Kier alpha value is -1.73. The molecule has 1 aliphatic rings. The van der Waals surface area contributed by atoms with Gasteiger partial charge in [-0.3, -0.25) is 0 Å². The summed E-state index contributed by atoms with van der Waals surface area (Å²) in [4.78, 5) is 13.5. The van der Waals surface area contributed by atoms with Crippen LogP contribution in [0.4, 0.5) is 13.6 Å². The zero-order chi connectivity index (χ0) is 17.4. The van der Waals surface area contributed by atoms with E-state index in [-0.39, 0.29) is 25.3 Å². The first-order chi connectivity index (χ1) is 10.6. The van der Waals surface area contributed by atoms with Crippen LogP contribution in [0.25, 0.3) is 0 Å². The quantitative estimate of drug-likeness (QED) is 0.870. The molecule has 1 aliphatic heterocycles. The number of aliphatic hydroxyl groups excluding tert-OH is 1. The SMILES string of the molecule is CC(C)(C)OC(=O)N1CC(CO)C(N)(c2cc(F)ccc2F)C1. The van der Waals surface area contributed by atoms with Gasteiger partial charge in [0.05, 0.1) is 5.54 Å². The van der Waals surface area contributed by atoms with Crippen molar-refractivity contribution in [1.29, 1.82) is 0 Å². The third kappa shape index (κ3) is 3.61. The summed E-state index contributed by atoms with van der Waals surface area (Å²) in [5, 5.41) is 9.58. The predicted octanol–water partition coefficient (Wildman–Crippen LogP) is 1.98. The Morgan fingerprint density at radius 2 is 2.13 bits per heavy atom. The van der Waals surface area contributed by atoms with E-state index in [1.807, 2.05) is 0 Å². The van der Waals surface area contributed by atoms with Gasteiger partial charge in [0, 0.05) is 31.2 Å². The van der Waals surface area contributed by atoms with Gasteiger partial charge in [-0.05, 0) is 39.0 Å². The number of benzene rings is 1. The van der Waals surface area contributed by atoms with Crippen LogP contribution in [0.3, 0.4) is 0 Å². The second kappa shape index (κ2) is 6.05. The number of carbonyl (C=O) groups excluding carboxylic acids is 1. The lowest BCUT2D eigenvalue weighted by molar-refractivity contribution is 0.0279. The molecule has 0 aromatic heterocycles. The van der Waals surface area contributed by atoms with Gasteiger partial charge in [-0.1, -0.05) is 0 Å². The van der Waals surface area contributed by atoms with Crippen molar-refractivity contribution in [3.05, 3.63) is 35.4 Å². The van der Waals surface area contributed by atoms with Gasteiger partial charge in [0.1, 0.15) is 17.2 Å². The number of nitrogens with two attached hydrogens (primary N) is 1. The minimum atomic E-state index is -1.38. The summed E-state index contributed by atoms with van der Waals surface area (Å²) >= 11 is 0. The van der Waals surface area contributed by atoms with Crippen molar-refractivity contribution in [3.8, 4) is 0 Å². The molecule has 2 rings (SSSR count). The van der Waals surface area contributed by atoms with Crippen LogP contribution in [0, 0.1) is 17.6 Å². The number of rotatable bonds is 2. The van der Waals surface area contributed by atoms with E-state index in [1.165, 1.54) is 4.90 Å². The molecule has 3 N–H and O–H groups in total. The van der Waals surface area contributed by atoms with Crippen LogP contribution in [-0.4, -0.2) is 41.4 Å². The van der Waals surface area contributed by atoms with Gasteiger partial charge in [-0.25, -0.2) is 13.6 Å². The molecule has 2 atom stereocenters. The van der Waals surface area contributed by atoms with Gasteiger partial charge >= 0.3 is 6.09 Å². The van der Waals surface area contributed by atoms with Gasteiger partial charge in [0.2, 0.25) is 0 Å². The van der Waals surface area contributed by atoms with Crippen molar-refractivity contribution in [1.82, 2.24) is 4.90 Å². The van der Waals surface area contributed by atoms with Gasteiger partial charge < -0.3 is 20.5 Å². The van der Waals surface area contributed by atoms with Crippen LogP contribution in [0.15, 0.2) is 18.2 Å². The summed E-state index contributed by atoms with van der Waals surface area (Å²) in [7, 11) is 0. The molecule has 5 nitrogen and oxygen atoms in total. The molecule has 1 saturated heterocycles. The smallest absolute Gasteiger partial charge is 0.410 e. The number of likely N-dealkylation sites (tertiary alicyclic amines) is 1. The molecule has 0 saturated carbocycles. The maximum Gasteiger partial charge on any atom is 0.410 e. The molecule has 1 amide bonds. The molecular formula is C16H22F2N2O3. The van der Waals surface area contributed by atoms with Gasteiger partial charge in [-0.2, -0.15) is 0 Å². The second-order valence-corrected chi connectivity index (χ2v) is 6.90. The Labute approximate surface area is 134 Å². The van der Waals surface area contributed by atoms with E-state index in [9.17, 15) is 18.7 Å². The van der Waals surface area contributed by atoms with Crippen LogP contribution in [0.2, 0.25) is 0 Å². The lowest BCUT2D eigenvalue weighted by Crippen LogP contribution is -2.47. The van der Waals surface area contributed by atoms with Crippen molar-refractivity contribution < 1.29 is 23.4 Å². The highest BCUT2D eigenvalue weighted by molar-refractivity contribution is 5.69. The van der Waals surface area contributed by atoms with Crippen LogP contribution < -0.4 is 5.73 Å². The topological polar surface area (TPSA) is 75.8 Å². The number of hydrogen-bond donors (Lipinski definition) is 2. The molecule has 1 fully saturated rings. The molecule has 0 bridgehead atoms. The normalized spacial score (nSPS) is 24.8.